The Bertz CT molecular complexity index is 387. The highest BCUT2D eigenvalue weighted by molar-refractivity contribution is 7.15. The van der Waals surface area contributed by atoms with E-state index < -0.39 is 0 Å². The summed E-state index contributed by atoms with van der Waals surface area (Å²) in [7, 11) is 0. The molecule has 17 heavy (non-hydrogen) atoms. The smallest absolute Gasteiger partial charge is 0.185 e. The lowest BCUT2D eigenvalue weighted by Crippen LogP contribution is -2.22. The average molecular weight is 254 g/mol. The fourth-order valence-electron chi connectivity index (χ4n) is 2.34. The minimum atomic E-state index is 0.129. The zero-order chi connectivity index (χ0) is 12.5. The number of anilines is 1. The Balaban J connectivity index is 2.16. The van der Waals surface area contributed by atoms with E-state index >= 15 is 0 Å². The Morgan fingerprint density at radius 3 is 2.76 bits per heavy atom. The van der Waals surface area contributed by atoms with E-state index in [2.05, 4.69) is 25.7 Å². The van der Waals surface area contributed by atoms with Crippen LogP contribution in [-0.4, -0.2) is 23.2 Å². The molecule has 0 atom stereocenters. The van der Waals surface area contributed by atoms with E-state index in [1.54, 1.807) is 11.3 Å². The maximum absolute atomic E-state index is 9.36. The molecule has 4 heteroatoms. The minimum absolute atomic E-state index is 0.129. The number of thiazole rings is 1. The molecule has 1 saturated heterocycles. The lowest BCUT2D eigenvalue weighted by atomic mass is 9.93. The van der Waals surface area contributed by atoms with Crippen molar-refractivity contribution in [1.82, 2.24) is 4.98 Å². The van der Waals surface area contributed by atoms with Gasteiger partial charge in [-0.3, -0.25) is 0 Å². The second-order valence-corrected chi connectivity index (χ2v) is 6.67. The molecule has 0 spiro atoms. The van der Waals surface area contributed by atoms with Gasteiger partial charge in [-0.05, 0) is 18.3 Å². The van der Waals surface area contributed by atoms with Gasteiger partial charge in [0.1, 0.15) is 0 Å². The number of hydrogen-bond donors (Lipinski definition) is 1. The molecule has 2 heterocycles. The first-order valence-corrected chi connectivity index (χ1v) is 7.22. The molecule has 1 aromatic rings. The molecule has 0 aromatic carbocycles. The predicted octanol–water partition coefficient (Wildman–Crippen LogP) is 2.82. The molecule has 96 valence electrons. The fourth-order valence-corrected chi connectivity index (χ4v) is 3.33. The van der Waals surface area contributed by atoms with Crippen molar-refractivity contribution in [3.05, 3.63) is 10.6 Å². The standard InChI is InChI=1S/C13H22N2OS/c1-4-5-10-11(8-16)17-12(14-10)15-7-6-13(2,3)9-15/h16H,4-9H2,1-3H3. The molecule has 1 aliphatic heterocycles. The summed E-state index contributed by atoms with van der Waals surface area (Å²) in [6.07, 6.45) is 3.29. The van der Waals surface area contributed by atoms with Crippen LogP contribution in [0.15, 0.2) is 0 Å². The number of hydrogen-bond acceptors (Lipinski definition) is 4. The van der Waals surface area contributed by atoms with Crippen LogP contribution in [0.5, 0.6) is 0 Å². The van der Waals surface area contributed by atoms with Crippen LogP contribution in [-0.2, 0) is 13.0 Å². The van der Waals surface area contributed by atoms with E-state index in [-0.39, 0.29) is 6.61 Å². The van der Waals surface area contributed by atoms with E-state index in [9.17, 15) is 5.11 Å². The van der Waals surface area contributed by atoms with Crippen molar-refractivity contribution in [1.29, 1.82) is 0 Å². The highest BCUT2D eigenvalue weighted by Crippen LogP contribution is 2.35. The summed E-state index contributed by atoms with van der Waals surface area (Å²) in [5, 5.41) is 10.5. The number of aliphatic hydroxyl groups is 1. The third-order valence-corrected chi connectivity index (χ3v) is 4.49. The van der Waals surface area contributed by atoms with Gasteiger partial charge in [-0.15, -0.1) is 0 Å². The Hall–Kier alpha value is -0.610. The molecular weight excluding hydrogens is 232 g/mol. The summed E-state index contributed by atoms with van der Waals surface area (Å²) in [6.45, 7) is 9.07. The summed E-state index contributed by atoms with van der Waals surface area (Å²) in [6, 6.07) is 0. The summed E-state index contributed by atoms with van der Waals surface area (Å²) >= 11 is 1.66. The Labute approximate surface area is 107 Å². The number of aryl methyl sites for hydroxylation is 1. The maximum Gasteiger partial charge on any atom is 0.185 e. The van der Waals surface area contributed by atoms with E-state index in [0.29, 0.717) is 5.41 Å². The summed E-state index contributed by atoms with van der Waals surface area (Å²) in [4.78, 5) is 8.11. The van der Waals surface area contributed by atoms with E-state index in [4.69, 9.17) is 4.98 Å². The van der Waals surface area contributed by atoms with Crippen LogP contribution in [0, 0.1) is 5.41 Å². The van der Waals surface area contributed by atoms with Crippen molar-refractivity contribution in [2.24, 2.45) is 5.41 Å². The van der Waals surface area contributed by atoms with Crippen LogP contribution >= 0.6 is 11.3 Å². The normalized spacial score (nSPS) is 18.9. The number of aliphatic hydroxyl groups excluding tert-OH is 1. The van der Waals surface area contributed by atoms with Gasteiger partial charge in [0.2, 0.25) is 0 Å². The zero-order valence-electron chi connectivity index (χ0n) is 11.0. The number of rotatable bonds is 4. The van der Waals surface area contributed by atoms with Gasteiger partial charge in [0, 0.05) is 13.1 Å². The van der Waals surface area contributed by atoms with Crippen LogP contribution in [0.1, 0.15) is 44.2 Å². The van der Waals surface area contributed by atoms with E-state index in [1.807, 2.05) is 0 Å². The quantitative estimate of drug-likeness (QED) is 0.897. The molecule has 0 saturated carbocycles. The van der Waals surface area contributed by atoms with Crippen molar-refractivity contribution in [3.63, 3.8) is 0 Å². The molecule has 0 aliphatic carbocycles. The lowest BCUT2D eigenvalue weighted by Gasteiger charge is -2.18. The largest absolute Gasteiger partial charge is 0.391 e. The van der Waals surface area contributed by atoms with E-state index in [0.717, 1.165) is 41.6 Å². The van der Waals surface area contributed by atoms with Crippen molar-refractivity contribution < 1.29 is 5.11 Å². The van der Waals surface area contributed by atoms with Gasteiger partial charge < -0.3 is 10.0 Å². The van der Waals surface area contributed by atoms with Gasteiger partial charge in [-0.1, -0.05) is 38.5 Å². The molecule has 0 amide bonds. The van der Waals surface area contributed by atoms with Gasteiger partial charge in [0.05, 0.1) is 17.2 Å². The summed E-state index contributed by atoms with van der Waals surface area (Å²) < 4.78 is 0. The second-order valence-electron chi connectivity index (χ2n) is 5.61. The molecule has 3 nitrogen and oxygen atoms in total. The Morgan fingerprint density at radius 1 is 1.47 bits per heavy atom. The molecule has 2 rings (SSSR count). The summed E-state index contributed by atoms with van der Waals surface area (Å²) in [5.74, 6) is 0. The van der Waals surface area contributed by atoms with Crippen LogP contribution in [0.4, 0.5) is 5.13 Å². The molecule has 0 bridgehead atoms. The van der Waals surface area contributed by atoms with E-state index in [1.165, 1.54) is 6.42 Å². The average Bonchev–Trinajstić information content (AvgIpc) is 2.82. The molecule has 0 radical (unpaired) electrons. The number of nitrogens with zero attached hydrogens (tertiary/aromatic N) is 2. The SMILES string of the molecule is CCCc1nc(N2CCC(C)(C)C2)sc1CO. The van der Waals surface area contributed by atoms with Crippen LogP contribution in [0.2, 0.25) is 0 Å². The van der Waals surface area contributed by atoms with Crippen molar-refractivity contribution in [3.8, 4) is 0 Å². The van der Waals surface area contributed by atoms with Gasteiger partial charge in [-0.2, -0.15) is 0 Å². The Kier molecular flexibility index (Phi) is 3.73. The van der Waals surface area contributed by atoms with Gasteiger partial charge in [-0.25, -0.2) is 4.98 Å². The topological polar surface area (TPSA) is 36.4 Å². The maximum atomic E-state index is 9.36. The lowest BCUT2D eigenvalue weighted by molar-refractivity contribution is 0.284. The first-order chi connectivity index (χ1) is 8.05. The third-order valence-electron chi connectivity index (χ3n) is 3.35. The first-order valence-electron chi connectivity index (χ1n) is 6.40. The van der Waals surface area contributed by atoms with Gasteiger partial charge in [0.15, 0.2) is 5.13 Å². The monoisotopic (exact) mass is 254 g/mol. The molecule has 1 aromatic heterocycles. The zero-order valence-corrected chi connectivity index (χ0v) is 11.8. The van der Waals surface area contributed by atoms with Gasteiger partial charge in [0.25, 0.3) is 0 Å². The van der Waals surface area contributed by atoms with Crippen molar-refractivity contribution in [2.45, 2.75) is 46.6 Å². The van der Waals surface area contributed by atoms with Crippen LogP contribution < -0.4 is 4.90 Å². The van der Waals surface area contributed by atoms with Crippen molar-refractivity contribution in [2.75, 3.05) is 18.0 Å². The van der Waals surface area contributed by atoms with Gasteiger partial charge >= 0.3 is 0 Å². The second kappa shape index (κ2) is 4.94. The summed E-state index contributed by atoms with van der Waals surface area (Å²) in [5.41, 5.74) is 1.50. The minimum Gasteiger partial charge on any atom is -0.391 e. The van der Waals surface area contributed by atoms with Crippen molar-refractivity contribution >= 4 is 16.5 Å². The van der Waals surface area contributed by atoms with Crippen LogP contribution in [0.3, 0.4) is 0 Å². The number of aromatic nitrogens is 1. The highest BCUT2D eigenvalue weighted by Gasteiger charge is 2.31. The molecule has 1 N–H and O–H groups in total. The molecule has 1 fully saturated rings. The first kappa shape index (κ1) is 12.8. The highest BCUT2D eigenvalue weighted by atomic mass is 32.1. The molecule has 1 aliphatic rings. The molecule has 0 unspecified atom stereocenters. The van der Waals surface area contributed by atoms with Crippen LogP contribution in [0.25, 0.3) is 0 Å². The fraction of sp³-hybridized carbons (Fsp3) is 0.769. The third kappa shape index (κ3) is 2.80. The Morgan fingerprint density at radius 2 is 2.24 bits per heavy atom. The predicted molar refractivity (Wildman–Crippen MR) is 72.6 cm³/mol. The molecular formula is C13H22N2OS.